The average Bonchev–Trinajstić information content (AvgIpc) is 3.60. The van der Waals surface area contributed by atoms with Crippen molar-refractivity contribution < 1.29 is 0 Å². The van der Waals surface area contributed by atoms with E-state index >= 15 is 0 Å². The van der Waals surface area contributed by atoms with Gasteiger partial charge in [-0.25, -0.2) is 4.98 Å². The summed E-state index contributed by atoms with van der Waals surface area (Å²) in [4.78, 5) is 10.1. The van der Waals surface area contributed by atoms with Gasteiger partial charge >= 0.3 is 0 Å². The normalized spacial score (nSPS) is 21.1. The van der Waals surface area contributed by atoms with E-state index in [0.29, 0.717) is 0 Å². The van der Waals surface area contributed by atoms with E-state index in [1.165, 1.54) is 12.0 Å². The molecule has 3 aromatic heterocycles. The van der Waals surface area contributed by atoms with Crippen LogP contribution in [0.3, 0.4) is 0 Å². The third-order valence-corrected chi connectivity index (χ3v) is 8.36. The first-order valence-electron chi connectivity index (χ1n) is 13.5. The zero-order valence-electron chi connectivity index (χ0n) is 21.4. The maximum absolute atomic E-state index is 6.60. The van der Waals surface area contributed by atoms with Gasteiger partial charge in [0.1, 0.15) is 17.2 Å². The van der Waals surface area contributed by atoms with Gasteiger partial charge < -0.3 is 10.1 Å². The summed E-state index contributed by atoms with van der Waals surface area (Å²) >= 11 is 0. The lowest BCUT2D eigenvalue weighted by Crippen LogP contribution is -2.43. The molecule has 0 radical (unpaired) electrons. The Balaban J connectivity index is 1.21. The Labute approximate surface area is 226 Å². The van der Waals surface area contributed by atoms with Gasteiger partial charge in [-0.1, -0.05) is 66.7 Å². The molecule has 1 saturated carbocycles. The third-order valence-electron chi connectivity index (χ3n) is 8.36. The molecule has 1 aliphatic carbocycles. The molecule has 7 heteroatoms. The highest BCUT2D eigenvalue weighted by atomic mass is 15.3. The summed E-state index contributed by atoms with van der Waals surface area (Å²) in [5.74, 6) is 1.57. The van der Waals surface area contributed by atoms with Gasteiger partial charge in [0.25, 0.3) is 0 Å². The van der Waals surface area contributed by atoms with Crippen LogP contribution < -0.4 is 5.73 Å². The van der Waals surface area contributed by atoms with Crippen molar-refractivity contribution in [2.75, 3.05) is 0 Å². The van der Waals surface area contributed by atoms with Gasteiger partial charge in [-0.2, -0.15) is 0 Å². The van der Waals surface area contributed by atoms with Crippen LogP contribution >= 0.6 is 0 Å². The maximum Gasteiger partial charge on any atom is 0.188 e. The summed E-state index contributed by atoms with van der Waals surface area (Å²) in [5.41, 5.74) is 13.6. The van der Waals surface area contributed by atoms with E-state index in [1.54, 1.807) is 0 Å². The largest absolute Gasteiger partial charge is 0.321 e. The highest BCUT2D eigenvalue weighted by molar-refractivity contribution is 6.32. The molecular weight excluding hydrogens is 482 g/mol. The second-order valence-corrected chi connectivity index (χ2v) is 10.7. The number of nitrogens with two attached hydrogens (primary N) is 1. The second-order valence-electron chi connectivity index (χ2n) is 10.7. The lowest BCUT2D eigenvalue weighted by atomic mass is 9.72. The van der Waals surface area contributed by atoms with Gasteiger partial charge in [-0.05, 0) is 48.6 Å². The zero-order chi connectivity index (χ0) is 26.0. The molecule has 8 rings (SSSR count). The van der Waals surface area contributed by atoms with Gasteiger partial charge in [-0.15, -0.1) is 10.2 Å². The monoisotopic (exact) mass is 509 g/mol. The standard InChI is InChI=1S/C32H27N7/c33-32(15-6-16-32)23-12-10-22(11-13-23)29-24(21-7-2-1-3-8-21)19-25-26(35-29)14-18-39-30(25)36-37-31(39)27-20-38-17-5-4-9-28(38)34-27/h1-5,7-14,17-20,25-26H,6,15-16,33H2/t25-,26?/m1/s1. The highest BCUT2D eigenvalue weighted by Crippen LogP contribution is 2.40. The van der Waals surface area contributed by atoms with Crippen LogP contribution in [0.2, 0.25) is 0 Å². The molecule has 0 saturated heterocycles. The van der Waals surface area contributed by atoms with Gasteiger partial charge in [0.15, 0.2) is 5.82 Å². The van der Waals surface area contributed by atoms with E-state index < -0.39 is 0 Å². The molecule has 2 N–H and O–H groups in total. The molecule has 3 aliphatic rings. The van der Waals surface area contributed by atoms with E-state index in [4.69, 9.17) is 15.7 Å². The molecule has 39 heavy (non-hydrogen) atoms. The van der Waals surface area contributed by atoms with Crippen LogP contribution in [-0.2, 0) is 5.54 Å². The van der Waals surface area contributed by atoms with Crippen molar-refractivity contribution in [2.45, 2.75) is 36.8 Å². The van der Waals surface area contributed by atoms with Crippen LogP contribution in [0.15, 0.2) is 102 Å². The Morgan fingerprint density at radius 3 is 2.46 bits per heavy atom. The van der Waals surface area contributed by atoms with E-state index in [9.17, 15) is 0 Å². The van der Waals surface area contributed by atoms with E-state index in [-0.39, 0.29) is 17.5 Å². The number of rotatable bonds is 4. The fourth-order valence-electron chi connectivity index (χ4n) is 6.00. The van der Waals surface area contributed by atoms with Crippen LogP contribution in [0.1, 0.15) is 47.7 Å². The molecule has 5 aromatic rings. The zero-order valence-corrected chi connectivity index (χ0v) is 21.4. The Morgan fingerprint density at radius 1 is 0.872 bits per heavy atom. The Hall–Kier alpha value is -4.62. The minimum Gasteiger partial charge on any atom is -0.321 e. The lowest BCUT2D eigenvalue weighted by Gasteiger charge is -2.38. The van der Waals surface area contributed by atoms with Crippen molar-refractivity contribution >= 4 is 23.1 Å². The summed E-state index contributed by atoms with van der Waals surface area (Å²) in [7, 11) is 0. The van der Waals surface area contributed by atoms with Crippen LogP contribution in [0.25, 0.3) is 28.9 Å². The number of fused-ring (bicyclic) bond motifs is 4. The molecule has 0 spiro atoms. The molecule has 2 atom stereocenters. The summed E-state index contributed by atoms with van der Waals surface area (Å²) in [6, 6.07) is 25.1. The minimum absolute atomic E-state index is 0.0335. The smallest absolute Gasteiger partial charge is 0.188 e. The first-order valence-corrected chi connectivity index (χ1v) is 13.5. The van der Waals surface area contributed by atoms with Gasteiger partial charge in [0.2, 0.25) is 0 Å². The van der Waals surface area contributed by atoms with Crippen molar-refractivity contribution in [3.63, 3.8) is 0 Å². The van der Waals surface area contributed by atoms with Crippen molar-refractivity contribution in [2.24, 2.45) is 10.7 Å². The number of nitrogens with zero attached hydrogens (tertiary/aromatic N) is 6. The number of aliphatic imine (C=N–C) groups is 1. The number of dihydropyridines is 1. The van der Waals surface area contributed by atoms with Crippen LogP contribution in [0, 0.1) is 0 Å². The van der Waals surface area contributed by atoms with Gasteiger partial charge in [0, 0.05) is 35.3 Å². The molecule has 0 amide bonds. The minimum atomic E-state index is -0.176. The number of hydrogen-bond donors (Lipinski definition) is 1. The molecule has 7 nitrogen and oxygen atoms in total. The highest BCUT2D eigenvalue weighted by Gasteiger charge is 2.36. The number of hydrogen-bond acceptors (Lipinski definition) is 5. The fourth-order valence-corrected chi connectivity index (χ4v) is 6.00. The predicted molar refractivity (Wildman–Crippen MR) is 153 cm³/mol. The molecule has 0 bridgehead atoms. The van der Waals surface area contributed by atoms with Crippen molar-refractivity contribution in [1.29, 1.82) is 0 Å². The van der Waals surface area contributed by atoms with E-state index in [1.807, 2.05) is 47.3 Å². The van der Waals surface area contributed by atoms with Crippen LogP contribution in [0.5, 0.6) is 0 Å². The molecule has 190 valence electrons. The second kappa shape index (κ2) is 8.44. The van der Waals surface area contributed by atoms with Gasteiger partial charge in [0.05, 0.1) is 17.7 Å². The Morgan fingerprint density at radius 2 is 1.69 bits per heavy atom. The number of aromatic nitrogens is 5. The molecule has 1 fully saturated rings. The van der Waals surface area contributed by atoms with Crippen LogP contribution in [0.4, 0.5) is 0 Å². The molecular formula is C32H27N7. The topological polar surface area (TPSA) is 86.4 Å². The summed E-state index contributed by atoms with van der Waals surface area (Å²) in [5, 5.41) is 9.22. The number of imidazole rings is 1. The number of pyridine rings is 1. The van der Waals surface area contributed by atoms with Gasteiger partial charge in [-0.3, -0.25) is 9.56 Å². The van der Waals surface area contributed by atoms with Crippen molar-refractivity contribution in [3.8, 4) is 11.5 Å². The number of allylic oxidation sites excluding steroid dienone is 1. The van der Waals surface area contributed by atoms with Crippen molar-refractivity contribution in [1.82, 2.24) is 24.1 Å². The Kier molecular flexibility index (Phi) is 4.84. The summed E-state index contributed by atoms with van der Waals surface area (Å²) in [6.45, 7) is 0. The maximum atomic E-state index is 6.60. The first-order chi connectivity index (χ1) is 19.2. The SMILES string of the molecule is NC1(c2ccc(C3=NC4C=Cn5c(-c6cn7ccccc7n6)nnc5[C@@H]4C=C3c3ccccc3)cc2)CCC1. The summed E-state index contributed by atoms with van der Waals surface area (Å²) in [6.07, 6.45) is 13.8. The van der Waals surface area contributed by atoms with Crippen LogP contribution in [-0.4, -0.2) is 35.9 Å². The quantitative estimate of drug-likeness (QED) is 0.349. The van der Waals surface area contributed by atoms with Crippen molar-refractivity contribution in [3.05, 3.63) is 120 Å². The number of benzene rings is 2. The molecule has 2 aromatic carbocycles. The average molecular weight is 510 g/mol. The fraction of sp³-hybridized carbons (Fsp3) is 0.188. The predicted octanol–water partition coefficient (Wildman–Crippen LogP) is 5.45. The lowest BCUT2D eigenvalue weighted by molar-refractivity contribution is 0.253. The van der Waals surface area contributed by atoms with E-state index in [2.05, 4.69) is 75.4 Å². The molecule has 5 heterocycles. The van der Waals surface area contributed by atoms with E-state index in [0.717, 1.165) is 58.2 Å². The third kappa shape index (κ3) is 3.54. The summed E-state index contributed by atoms with van der Waals surface area (Å²) < 4.78 is 4.05. The Bertz CT molecular complexity index is 1770. The first kappa shape index (κ1) is 22.4. The molecule has 2 aliphatic heterocycles. The molecule has 1 unspecified atom stereocenters.